The third-order valence-electron chi connectivity index (χ3n) is 3.31. The van der Waals surface area contributed by atoms with Crippen molar-refractivity contribution in [2.45, 2.75) is 15.6 Å². The zero-order valence-corrected chi connectivity index (χ0v) is 14.9. The Hall–Kier alpha value is -0.530. The van der Waals surface area contributed by atoms with Gasteiger partial charge in [0.25, 0.3) is 0 Å². The van der Waals surface area contributed by atoms with Crippen LogP contribution in [-0.4, -0.2) is 43.7 Å². The third kappa shape index (κ3) is 3.68. The van der Waals surface area contributed by atoms with Crippen molar-refractivity contribution in [3.63, 3.8) is 0 Å². The molecule has 2 rings (SSSR count). The highest BCUT2D eigenvalue weighted by Gasteiger charge is 2.52. The quantitative estimate of drug-likeness (QED) is 0.576. The number of carbonyl (C=O) groups is 1. The van der Waals surface area contributed by atoms with E-state index in [1.54, 1.807) is 0 Å². The molecule has 0 saturated heterocycles. The van der Waals surface area contributed by atoms with Gasteiger partial charge in [-0.2, -0.15) is 0 Å². The number of nitrogens with zero attached hydrogens (tertiary/aromatic N) is 1. The number of carbonyl (C=O) groups excluding carboxylic acids is 1. The standard InChI is InChI=1S/C13H14Cl3NO4S/c1-17(2)22(19,20)9-3-4-11(14)10(5-9)12(18)21-7-8-6-13(8,15)16/h3-5,8H,6-7H2,1-2H3/t8-/m1/s1. The maximum atomic E-state index is 12.1. The van der Waals surface area contributed by atoms with Crippen molar-refractivity contribution in [1.29, 1.82) is 0 Å². The lowest BCUT2D eigenvalue weighted by atomic mass is 10.2. The number of ether oxygens (including phenoxy) is 1. The van der Waals surface area contributed by atoms with Gasteiger partial charge in [-0.3, -0.25) is 0 Å². The van der Waals surface area contributed by atoms with E-state index in [1.165, 1.54) is 32.3 Å². The summed E-state index contributed by atoms with van der Waals surface area (Å²) in [7, 11) is -0.866. The molecule has 1 aromatic rings. The largest absolute Gasteiger partial charge is 0.462 e. The molecule has 0 N–H and O–H groups in total. The van der Waals surface area contributed by atoms with E-state index in [0.29, 0.717) is 6.42 Å². The number of rotatable bonds is 5. The highest BCUT2D eigenvalue weighted by Crippen LogP contribution is 2.53. The van der Waals surface area contributed by atoms with Crippen LogP contribution in [0.25, 0.3) is 0 Å². The number of sulfonamides is 1. The Balaban J connectivity index is 2.18. The summed E-state index contributed by atoms with van der Waals surface area (Å²) in [5.41, 5.74) is -0.0139. The topological polar surface area (TPSA) is 63.7 Å². The molecule has 0 heterocycles. The average molecular weight is 387 g/mol. The van der Waals surface area contributed by atoms with Crippen LogP contribution in [-0.2, 0) is 14.8 Å². The molecular weight excluding hydrogens is 373 g/mol. The minimum absolute atomic E-state index is 0.0139. The summed E-state index contributed by atoms with van der Waals surface area (Å²) in [6.07, 6.45) is 0.548. The van der Waals surface area contributed by atoms with E-state index in [1.807, 2.05) is 0 Å². The van der Waals surface area contributed by atoms with Gasteiger partial charge in [-0.25, -0.2) is 17.5 Å². The van der Waals surface area contributed by atoms with Crippen LogP contribution in [0.1, 0.15) is 16.8 Å². The Labute approximate surface area is 144 Å². The normalized spacial score (nSPS) is 20.0. The van der Waals surface area contributed by atoms with Crippen molar-refractivity contribution in [3.05, 3.63) is 28.8 Å². The fourth-order valence-corrected chi connectivity index (χ4v) is 3.36. The first kappa shape index (κ1) is 17.8. The molecule has 22 heavy (non-hydrogen) atoms. The Morgan fingerprint density at radius 2 is 2.00 bits per heavy atom. The summed E-state index contributed by atoms with van der Waals surface area (Å²) in [6.45, 7) is 0.0623. The highest BCUT2D eigenvalue weighted by atomic mass is 35.5. The first-order chi connectivity index (χ1) is 10.1. The number of benzene rings is 1. The van der Waals surface area contributed by atoms with Crippen molar-refractivity contribution >= 4 is 50.8 Å². The van der Waals surface area contributed by atoms with Gasteiger partial charge in [0.2, 0.25) is 10.0 Å². The van der Waals surface area contributed by atoms with Crippen molar-refractivity contribution < 1.29 is 17.9 Å². The number of esters is 1. The predicted molar refractivity (Wildman–Crippen MR) is 85.2 cm³/mol. The van der Waals surface area contributed by atoms with E-state index in [9.17, 15) is 13.2 Å². The van der Waals surface area contributed by atoms with E-state index in [0.717, 1.165) is 4.31 Å². The summed E-state index contributed by atoms with van der Waals surface area (Å²) in [5.74, 6) is -0.830. The first-order valence-electron chi connectivity index (χ1n) is 6.33. The van der Waals surface area contributed by atoms with Crippen LogP contribution in [0.3, 0.4) is 0 Å². The minimum atomic E-state index is -3.66. The van der Waals surface area contributed by atoms with Gasteiger partial charge in [0.05, 0.1) is 22.1 Å². The molecule has 1 aliphatic rings. The Morgan fingerprint density at radius 1 is 1.41 bits per heavy atom. The van der Waals surface area contributed by atoms with Gasteiger partial charge >= 0.3 is 5.97 Å². The molecule has 0 amide bonds. The van der Waals surface area contributed by atoms with Crippen LogP contribution in [0.5, 0.6) is 0 Å². The van der Waals surface area contributed by atoms with Gasteiger partial charge in [-0.15, -0.1) is 23.2 Å². The first-order valence-corrected chi connectivity index (χ1v) is 8.90. The number of hydrogen-bond acceptors (Lipinski definition) is 4. The fraction of sp³-hybridized carbons (Fsp3) is 0.462. The molecule has 5 nitrogen and oxygen atoms in total. The van der Waals surface area contributed by atoms with Crippen LogP contribution in [0.2, 0.25) is 5.02 Å². The predicted octanol–water partition coefficient (Wildman–Crippen LogP) is 2.94. The molecular formula is C13H14Cl3NO4S. The smallest absolute Gasteiger partial charge is 0.339 e. The van der Waals surface area contributed by atoms with E-state index in [-0.39, 0.29) is 28.0 Å². The van der Waals surface area contributed by atoms with E-state index >= 15 is 0 Å². The molecule has 1 atom stereocenters. The fourth-order valence-electron chi connectivity index (χ4n) is 1.74. The molecule has 0 unspecified atom stereocenters. The van der Waals surface area contributed by atoms with E-state index in [2.05, 4.69) is 0 Å². The number of alkyl halides is 2. The minimum Gasteiger partial charge on any atom is -0.462 e. The summed E-state index contributed by atoms with van der Waals surface area (Å²) < 4.78 is 29.4. The van der Waals surface area contributed by atoms with Crippen LogP contribution < -0.4 is 0 Å². The summed E-state index contributed by atoms with van der Waals surface area (Å²) in [4.78, 5) is 12.0. The zero-order valence-electron chi connectivity index (χ0n) is 11.8. The maximum Gasteiger partial charge on any atom is 0.339 e. The SMILES string of the molecule is CN(C)S(=O)(=O)c1ccc(Cl)c(C(=O)OC[C@H]2CC2(Cl)Cl)c1. The summed E-state index contributed by atoms with van der Waals surface area (Å²) in [5, 5.41) is 0.113. The summed E-state index contributed by atoms with van der Waals surface area (Å²) >= 11 is 17.6. The number of hydrogen-bond donors (Lipinski definition) is 0. The molecule has 1 aromatic carbocycles. The second-order valence-corrected chi connectivity index (χ2v) is 9.29. The lowest BCUT2D eigenvalue weighted by Gasteiger charge is -2.13. The number of halogens is 3. The molecule has 122 valence electrons. The van der Waals surface area contributed by atoms with Gasteiger partial charge < -0.3 is 4.74 Å². The van der Waals surface area contributed by atoms with Crippen molar-refractivity contribution in [2.24, 2.45) is 5.92 Å². The van der Waals surface area contributed by atoms with Crippen LogP contribution in [0.15, 0.2) is 23.1 Å². The molecule has 9 heteroatoms. The second kappa shape index (κ2) is 6.17. The molecule has 0 aromatic heterocycles. The molecule has 1 fully saturated rings. The van der Waals surface area contributed by atoms with Gasteiger partial charge in [0.1, 0.15) is 4.33 Å². The molecule has 0 radical (unpaired) electrons. The van der Waals surface area contributed by atoms with Crippen LogP contribution in [0, 0.1) is 5.92 Å². The molecule has 0 spiro atoms. The van der Waals surface area contributed by atoms with Gasteiger partial charge in [0.15, 0.2) is 0 Å². The summed E-state index contributed by atoms with van der Waals surface area (Å²) in [6, 6.07) is 3.87. The van der Waals surface area contributed by atoms with Crippen LogP contribution in [0.4, 0.5) is 0 Å². The lowest BCUT2D eigenvalue weighted by Crippen LogP contribution is -2.22. The molecule has 1 saturated carbocycles. The third-order valence-corrected chi connectivity index (χ3v) is 6.37. The van der Waals surface area contributed by atoms with Crippen molar-refractivity contribution in [2.75, 3.05) is 20.7 Å². The zero-order chi connectivity index (χ0) is 16.7. The van der Waals surface area contributed by atoms with E-state index in [4.69, 9.17) is 39.5 Å². The van der Waals surface area contributed by atoms with Crippen molar-refractivity contribution in [3.8, 4) is 0 Å². The van der Waals surface area contributed by atoms with Gasteiger partial charge in [-0.1, -0.05) is 11.6 Å². The van der Waals surface area contributed by atoms with Crippen molar-refractivity contribution in [1.82, 2.24) is 4.31 Å². The maximum absolute atomic E-state index is 12.1. The Kier molecular flexibility index (Phi) is 5.00. The molecule has 0 bridgehead atoms. The Morgan fingerprint density at radius 3 is 2.50 bits per heavy atom. The van der Waals surface area contributed by atoms with Gasteiger partial charge in [0, 0.05) is 20.0 Å². The average Bonchev–Trinajstić information content (AvgIpc) is 3.03. The monoisotopic (exact) mass is 385 g/mol. The van der Waals surface area contributed by atoms with Gasteiger partial charge in [-0.05, 0) is 24.6 Å². The van der Waals surface area contributed by atoms with E-state index < -0.39 is 20.3 Å². The lowest BCUT2D eigenvalue weighted by molar-refractivity contribution is 0.0485. The van der Waals surface area contributed by atoms with Crippen LogP contribution >= 0.6 is 34.8 Å². The second-order valence-electron chi connectivity index (χ2n) is 5.19. The highest BCUT2D eigenvalue weighted by molar-refractivity contribution is 7.89. The molecule has 0 aliphatic heterocycles. The Bertz CT molecular complexity index is 703. The molecule has 1 aliphatic carbocycles.